The Kier molecular flexibility index (Phi) is 7.17. The van der Waals surface area contributed by atoms with E-state index in [1.807, 2.05) is 6.07 Å². The Bertz CT molecular complexity index is 712. The Hall–Kier alpha value is -2.27. The molecule has 7 nitrogen and oxygen atoms in total. The van der Waals surface area contributed by atoms with Crippen molar-refractivity contribution in [1.29, 1.82) is 0 Å². The second kappa shape index (κ2) is 9.03. The molecule has 1 unspecified atom stereocenters. The fourth-order valence-electron chi connectivity index (χ4n) is 3.15. The Labute approximate surface area is 167 Å². The molecule has 2 rings (SSSR count). The number of halogens is 3. The van der Waals surface area contributed by atoms with Crippen molar-refractivity contribution in [3.63, 3.8) is 0 Å². The second-order valence-corrected chi connectivity index (χ2v) is 12.3. The molecule has 1 aliphatic heterocycles. The van der Waals surface area contributed by atoms with Gasteiger partial charge in [0.1, 0.15) is 6.61 Å². The highest BCUT2D eigenvalue weighted by Crippen LogP contribution is 2.35. The number of alkyl carbamates (subject to hydrolysis) is 1. The molecule has 2 amide bonds. The number of alkyl halides is 3. The van der Waals surface area contributed by atoms with Gasteiger partial charge in [-0.2, -0.15) is 13.2 Å². The van der Waals surface area contributed by atoms with Crippen molar-refractivity contribution >= 4 is 20.5 Å². The van der Waals surface area contributed by atoms with E-state index in [0.717, 1.165) is 5.56 Å². The molecule has 1 aliphatic rings. The number of hydrogen-bond donors (Lipinski definition) is 2. The lowest BCUT2D eigenvalue weighted by Crippen LogP contribution is -2.53. The number of benzene rings is 1. The fraction of sp³-hybridized carbons (Fsp3) is 0.556. The molecular formula is C18H25F3N2O5Si. The van der Waals surface area contributed by atoms with Crippen molar-refractivity contribution in [3.8, 4) is 0 Å². The number of amides is 2. The van der Waals surface area contributed by atoms with Crippen LogP contribution in [0.5, 0.6) is 0 Å². The van der Waals surface area contributed by atoms with Crippen molar-refractivity contribution in [2.24, 2.45) is 0 Å². The fourth-order valence-corrected chi connectivity index (χ4v) is 4.21. The molecule has 1 fully saturated rings. The normalized spacial score (nSPS) is 21.0. The van der Waals surface area contributed by atoms with Crippen LogP contribution in [-0.2, 0) is 15.8 Å². The summed E-state index contributed by atoms with van der Waals surface area (Å²) in [6.07, 6.45) is -9.52. The molecule has 0 bridgehead atoms. The van der Waals surface area contributed by atoms with Gasteiger partial charge in [-0.3, -0.25) is 0 Å². The van der Waals surface area contributed by atoms with Gasteiger partial charge < -0.3 is 24.5 Å². The zero-order valence-electron chi connectivity index (χ0n) is 16.4. The summed E-state index contributed by atoms with van der Waals surface area (Å²) in [6.45, 7) is 4.52. The Balaban J connectivity index is 2.05. The van der Waals surface area contributed by atoms with Crippen molar-refractivity contribution in [2.75, 3.05) is 6.54 Å². The maximum atomic E-state index is 13.6. The smallest absolute Gasteiger partial charge is 0.415 e. The first kappa shape index (κ1) is 23.0. The molecule has 11 heteroatoms. The van der Waals surface area contributed by atoms with Crippen LogP contribution in [-0.4, -0.2) is 61.4 Å². The number of carboxylic acid groups (broad SMARTS) is 1. The Morgan fingerprint density at radius 1 is 1.28 bits per heavy atom. The van der Waals surface area contributed by atoms with E-state index in [2.05, 4.69) is 5.32 Å². The molecule has 0 radical (unpaired) electrons. The van der Waals surface area contributed by atoms with Crippen molar-refractivity contribution in [3.05, 3.63) is 35.9 Å². The number of rotatable bonds is 6. The van der Waals surface area contributed by atoms with Crippen LogP contribution in [0.1, 0.15) is 12.0 Å². The van der Waals surface area contributed by atoms with Crippen molar-refractivity contribution in [1.82, 2.24) is 10.2 Å². The van der Waals surface area contributed by atoms with Crippen LogP contribution in [0.15, 0.2) is 30.3 Å². The monoisotopic (exact) mass is 434 g/mol. The average Bonchev–Trinajstić information content (AvgIpc) is 3.01. The number of nitrogens with zero attached hydrogens (tertiary/aromatic N) is 1. The van der Waals surface area contributed by atoms with Crippen LogP contribution in [0.3, 0.4) is 0 Å². The van der Waals surface area contributed by atoms with Gasteiger partial charge in [-0.15, -0.1) is 0 Å². The van der Waals surface area contributed by atoms with E-state index in [-0.39, 0.29) is 19.6 Å². The van der Waals surface area contributed by atoms with Gasteiger partial charge in [0, 0.05) is 6.54 Å². The molecule has 0 aromatic heterocycles. The first-order valence-corrected chi connectivity index (χ1v) is 12.5. The third-order valence-corrected chi connectivity index (χ3v) is 5.24. The van der Waals surface area contributed by atoms with E-state index >= 15 is 0 Å². The lowest BCUT2D eigenvalue weighted by Gasteiger charge is -2.35. The summed E-state index contributed by atoms with van der Waals surface area (Å²) in [4.78, 5) is 24.2. The van der Waals surface area contributed by atoms with Crippen LogP contribution in [0.25, 0.3) is 0 Å². The Morgan fingerprint density at radius 3 is 2.41 bits per heavy atom. The van der Waals surface area contributed by atoms with E-state index < -0.39 is 44.9 Å². The first-order chi connectivity index (χ1) is 13.4. The molecule has 0 aliphatic carbocycles. The average molecular weight is 434 g/mol. The molecule has 0 spiro atoms. The van der Waals surface area contributed by atoms with Crippen LogP contribution in [0, 0.1) is 0 Å². The largest absolute Gasteiger partial charge is 0.465 e. The quantitative estimate of drug-likeness (QED) is 0.665. The van der Waals surface area contributed by atoms with Gasteiger partial charge in [0.05, 0.1) is 12.1 Å². The topological polar surface area (TPSA) is 88.1 Å². The van der Waals surface area contributed by atoms with E-state index in [1.165, 1.54) is 0 Å². The van der Waals surface area contributed by atoms with Crippen LogP contribution in [0.2, 0.25) is 19.6 Å². The molecule has 1 saturated heterocycles. The highest BCUT2D eigenvalue weighted by atomic mass is 28.4. The van der Waals surface area contributed by atoms with E-state index in [0.29, 0.717) is 4.90 Å². The SMILES string of the molecule is C[Si](C)(C)O[C@@H]([C@H]1CC(NC(=O)OCc2ccccc2)CN1C(=O)O)C(F)(F)F. The van der Waals surface area contributed by atoms with Crippen LogP contribution < -0.4 is 5.32 Å². The lowest BCUT2D eigenvalue weighted by molar-refractivity contribution is -0.210. The predicted octanol–water partition coefficient (Wildman–Crippen LogP) is 3.82. The summed E-state index contributed by atoms with van der Waals surface area (Å²) in [5.41, 5.74) is 0.750. The highest BCUT2D eigenvalue weighted by Gasteiger charge is 2.53. The summed E-state index contributed by atoms with van der Waals surface area (Å²) in [7, 11) is -2.62. The van der Waals surface area contributed by atoms with Gasteiger partial charge in [0.25, 0.3) is 0 Å². The maximum absolute atomic E-state index is 13.6. The number of likely N-dealkylation sites (tertiary alicyclic amines) is 1. The zero-order valence-corrected chi connectivity index (χ0v) is 17.4. The Morgan fingerprint density at radius 2 is 1.90 bits per heavy atom. The number of nitrogens with one attached hydrogen (secondary N) is 1. The summed E-state index contributed by atoms with van der Waals surface area (Å²) in [6, 6.07) is 6.62. The van der Waals surface area contributed by atoms with Gasteiger partial charge in [-0.05, 0) is 31.6 Å². The standard InChI is InChI=1S/C18H25F3N2O5Si/c1-29(2,3)28-15(18(19,20)21)14-9-13(10-23(14)17(25)26)22-16(24)27-11-12-7-5-4-6-8-12/h4-8,13-15H,9-11H2,1-3H3,(H,22,24)(H,25,26)/t13?,14-,15+/m1/s1. The van der Waals surface area contributed by atoms with E-state index in [9.17, 15) is 27.9 Å². The van der Waals surface area contributed by atoms with Crippen LogP contribution >= 0.6 is 0 Å². The summed E-state index contributed by atoms with van der Waals surface area (Å²) in [5.74, 6) is 0. The highest BCUT2D eigenvalue weighted by molar-refractivity contribution is 6.69. The molecule has 162 valence electrons. The molecule has 2 N–H and O–H groups in total. The molecule has 1 aromatic carbocycles. The molecule has 1 aromatic rings. The van der Waals surface area contributed by atoms with Crippen LogP contribution in [0.4, 0.5) is 22.8 Å². The maximum Gasteiger partial charge on any atom is 0.415 e. The minimum absolute atomic E-state index is 0.00459. The van der Waals surface area contributed by atoms with E-state index in [1.54, 1.807) is 43.9 Å². The summed E-state index contributed by atoms with van der Waals surface area (Å²) >= 11 is 0. The number of ether oxygens (including phenoxy) is 1. The van der Waals surface area contributed by atoms with Gasteiger partial charge in [-0.25, -0.2) is 9.59 Å². The molecule has 0 saturated carbocycles. The van der Waals surface area contributed by atoms with Gasteiger partial charge in [-0.1, -0.05) is 30.3 Å². The molecular weight excluding hydrogens is 409 g/mol. The third kappa shape index (κ3) is 6.93. The summed E-state index contributed by atoms with van der Waals surface area (Å²) in [5, 5.41) is 11.8. The minimum atomic E-state index is -4.73. The minimum Gasteiger partial charge on any atom is -0.465 e. The first-order valence-electron chi connectivity index (χ1n) is 9.08. The number of hydrogen-bond acceptors (Lipinski definition) is 4. The summed E-state index contributed by atoms with van der Waals surface area (Å²) < 4.78 is 51.2. The van der Waals surface area contributed by atoms with Gasteiger partial charge >= 0.3 is 18.4 Å². The third-order valence-electron chi connectivity index (χ3n) is 4.28. The molecule has 29 heavy (non-hydrogen) atoms. The van der Waals surface area contributed by atoms with E-state index in [4.69, 9.17) is 9.16 Å². The van der Waals surface area contributed by atoms with Crippen molar-refractivity contribution < 1.29 is 37.0 Å². The number of carbonyl (C=O) groups excluding carboxylic acids is 1. The van der Waals surface area contributed by atoms with Gasteiger partial charge in [0.2, 0.25) is 0 Å². The zero-order chi connectivity index (χ0) is 21.8. The van der Waals surface area contributed by atoms with Gasteiger partial charge in [0.15, 0.2) is 14.4 Å². The molecule has 1 heterocycles. The predicted molar refractivity (Wildman–Crippen MR) is 101 cm³/mol. The second-order valence-electron chi connectivity index (χ2n) is 7.83. The number of carbonyl (C=O) groups is 2. The van der Waals surface area contributed by atoms with Crippen molar-refractivity contribution in [2.45, 2.75) is 57.0 Å². The molecule has 3 atom stereocenters. The lowest BCUT2D eigenvalue weighted by atomic mass is 10.1.